The maximum absolute atomic E-state index is 13.2. The zero-order valence-electron chi connectivity index (χ0n) is 24.3. The summed E-state index contributed by atoms with van der Waals surface area (Å²) in [5, 5.41) is 59.4. The molecule has 0 aromatic heterocycles. The molecule has 7 atom stereocenters. The van der Waals surface area contributed by atoms with E-state index in [1.54, 1.807) is 6.07 Å². The first-order chi connectivity index (χ1) is 21.6. The third-order valence-corrected chi connectivity index (χ3v) is 9.01. The van der Waals surface area contributed by atoms with E-state index in [4.69, 9.17) is 24.4 Å². The number of rotatable bonds is 12. The van der Waals surface area contributed by atoms with Gasteiger partial charge < -0.3 is 54.5 Å². The minimum atomic E-state index is -2.24. The summed E-state index contributed by atoms with van der Waals surface area (Å²) in [6, 6.07) is 2.88. The monoisotopic (exact) mass is 649 g/mol. The lowest BCUT2D eigenvalue weighted by molar-refractivity contribution is -0.182. The van der Waals surface area contributed by atoms with Crippen LogP contribution in [0.1, 0.15) is 43.2 Å². The highest BCUT2D eigenvalue weighted by Gasteiger charge is 2.72. The molecule has 2 aliphatic carbocycles. The third-order valence-electron chi connectivity index (χ3n) is 9.01. The number of aliphatic hydroxyl groups excluding tert-OH is 1. The highest BCUT2D eigenvalue weighted by atomic mass is 16.6. The number of likely N-dealkylation sites (N-methyl/N-ethyl adjacent to an activating group) is 1. The number of phenols is 1. The third kappa shape index (κ3) is 5.39. The van der Waals surface area contributed by atoms with Gasteiger partial charge in [0.15, 0.2) is 23.7 Å². The molecule has 2 heterocycles. The summed E-state index contributed by atoms with van der Waals surface area (Å²) < 4.78 is 21.3. The van der Waals surface area contributed by atoms with Crippen molar-refractivity contribution in [3.63, 3.8) is 0 Å². The molecule has 1 saturated heterocycles. The van der Waals surface area contributed by atoms with Crippen LogP contribution in [0.3, 0.4) is 0 Å². The Hall–Kier alpha value is -4.74. The van der Waals surface area contributed by atoms with Gasteiger partial charge in [0, 0.05) is 18.0 Å². The molecule has 1 spiro atoms. The van der Waals surface area contributed by atoms with Gasteiger partial charge in [0.05, 0.1) is 30.3 Å². The summed E-state index contributed by atoms with van der Waals surface area (Å²) in [6.07, 6.45) is -8.96. The molecule has 1 fully saturated rings. The number of aromatic hydroxyl groups is 1. The fourth-order valence-electron chi connectivity index (χ4n) is 6.94. The largest absolute Gasteiger partial charge is 0.504 e. The van der Waals surface area contributed by atoms with Crippen LogP contribution in [0.15, 0.2) is 24.0 Å². The van der Waals surface area contributed by atoms with Crippen molar-refractivity contribution in [1.29, 1.82) is 0 Å². The number of nitrogens with zero attached hydrogens (tertiary/aromatic N) is 1. The van der Waals surface area contributed by atoms with Gasteiger partial charge in [0.1, 0.15) is 5.76 Å². The average molecular weight is 650 g/mol. The van der Waals surface area contributed by atoms with Crippen molar-refractivity contribution < 1.29 is 78.4 Å². The summed E-state index contributed by atoms with van der Waals surface area (Å²) in [5.74, 6) is -9.77. The number of carboxylic acids is 3. The summed E-state index contributed by atoms with van der Waals surface area (Å²) in [7, 11) is 1.88. The first-order valence-corrected chi connectivity index (χ1v) is 14.2. The van der Waals surface area contributed by atoms with Crippen molar-refractivity contribution >= 4 is 35.8 Å². The van der Waals surface area contributed by atoms with E-state index in [-0.39, 0.29) is 29.7 Å². The molecule has 0 radical (unpaired) electrons. The van der Waals surface area contributed by atoms with Crippen LogP contribution in [0.4, 0.5) is 0 Å². The van der Waals surface area contributed by atoms with Crippen LogP contribution in [-0.4, -0.2) is 121 Å². The molecule has 46 heavy (non-hydrogen) atoms. The molecular weight excluding hydrogens is 618 g/mol. The molecule has 1 aromatic rings. The van der Waals surface area contributed by atoms with Gasteiger partial charge in [-0.2, -0.15) is 0 Å². The number of aliphatic carboxylic acids is 3. The lowest BCUT2D eigenvalue weighted by atomic mass is 9.50. The van der Waals surface area contributed by atoms with E-state index in [9.17, 15) is 49.2 Å². The molecule has 6 N–H and O–H groups in total. The van der Waals surface area contributed by atoms with Crippen LogP contribution in [0.25, 0.3) is 0 Å². The number of benzene rings is 1. The number of ether oxygens (including phenoxy) is 4. The lowest BCUT2D eigenvalue weighted by Gasteiger charge is -2.61. The molecule has 5 rings (SSSR count). The van der Waals surface area contributed by atoms with E-state index in [0.717, 1.165) is 5.56 Å². The quantitative estimate of drug-likeness (QED) is 0.115. The standard InChI is InChI=1S/C29H31NO16/c1-30-7-6-28-22-12-2-3-13(31)23(22)46-24(28)15(4-5-29(28,42)18(30)8-12)43-21(36)11-17(44-20(35)9-14(32)25(37)38)27(41)45-16(26(39)40)10-19(33)34/h2-4,14,16-18,24,31-32,42H,5-11H2,1H3,(H,33,34)(H,37,38)(H,39,40)/t14-,16-,17-,18+,24-,28-,29+/m0/s1. The summed E-state index contributed by atoms with van der Waals surface area (Å²) in [6.45, 7) is 0.537. The van der Waals surface area contributed by atoms with Crippen molar-refractivity contribution in [2.45, 2.75) is 80.0 Å². The molecule has 0 unspecified atom stereocenters. The summed E-state index contributed by atoms with van der Waals surface area (Å²) >= 11 is 0. The van der Waals surface area contributed by atoms with Gasteiger partial charge in [-0.3, -0.25) is 14.4 Å². The van der Waals surface area contributed by atoms with Crippen molar-refractivity contribution in [3.8, 4) is 11.5 Å². The number of carboxylic acid groups (broad SMARTS) is 3. The van der Waals surface area contributed by atoms with Crippen molar-refractivity contribution in [2.24, 2.45) is 0 Å². The smallest absolute Gasteiger partial charge is 0.348 e. The molecule has 2 bridgehead atoms. The number of piperidine rings is 1. The Morgan fingerprint density at radius 3 is 2.37 bits per heavy atom. The zero-order chi connectivity index (χ0) is 33.7. The first kappa shape index (κ1) is 32.6. The summed E-state index contributed by atoms with van der Waals surface area (Å²) in [4.78, 5) is 73.8. The first-order valence-electron chi connectivity index (χ1n) is 14.2. The second-order valence-corrected chi connectivity index (χ2v) is 11.7. The van der Waals surface area contributed by atoms with E-state index in [0.29, 0.717) is 24.9 Å². The van der Waals surface area contributed by atoms with Crippen LogP contribution in [0.5, 0.6) is 11.5 Å². The summed E-state index contributed by atoms with van der Waals surface area (Å²) in [5.41, 5.74) is -1.05. The van der Waals surface area contributed by atoms with E-state index < -0.39 is 90.5 Å². The van der Waals surface area contributed by atoms with Gasteiger partial charge in [-0.05, 0) is 44.1 Å². The second-order valence-electron chi connectivity index (χ2n) is 11.7. The lowest BCUT2D eigenvalue weighted by Crippen LogP contribution is -2.74. The molecule has 248 valence electrons. The second kappa shape index (κ2) is 11.9. The van der Waals surface area contributed by atoms with Crippen LogP contribution in [-0.2, 0) is 54.8 Å². The minimum Gasteiger partial charge on any atom is -0.504 e. The van der Waals surface area contributed by atoms with Gasteiger partial charge in [0.25, 0.3) is 0 Å². The Morgan fingerprint density at radius 2 is 1.72 bits per heavy atom. The Bertz CT molecular complexity index is 1540. The van der Waals surface area contributed by atoms with Gasteiger partial charge in [-0.1, -0.05) is 6.07 Å². The highest BCUT2D eigenvalue weighted by molar-refractivity contribution is 5.88. The molecule has 2 aliphatic heterocycles. The maximum Gasteiger partial charge on any atom is 0.348 e. The SMILES string of the molecule is CN1CC[C@]23c4c5ccc(O)c4O[C@H]2C(OC(=O)C[C@H](OC(=O)C[C@H](O)C(=O)O)C(=O)O[C@@H](CC(=O)O)C(=O)O)=CC[C@@]3(O)[C@H]1C5. The fourth-order valence-corrected chi connectivity index (χ4v) is 6.94. The van der Waals surface area contributed by atoms with E-state index in [1.807, 2.05) is 11.9 Å². The van der Waals surface area contributed by atoms with Crippen LogP contribution in [0, 0.1) is 0 Å². The van der Waals surface area contributed by atoms with Gasteiger partial charge >= 0.3 is 35.8 Å². The average Bonchev–Trinajstić information content (AvgIpc) is 3.33. The van der Waals surface area contributed by atoms with E-state index in [1.165, 1.54) is 12.1 Å². The molecule has 17 heteroatoms. The Labute approximate surface area is 259 Å². The van der Waals surface area contributed by atoms with Gasteiger partial charge in [-0.15, -0.1) is 0 Å². The Balaban J connectivity index is 1.40. The van der Waals surface area contributed by atoms with Crippen LogP contribution in [0.2, 0.25) is 0 Å². The molecule has 17 nitrogen and oxygen atoms in total. The van der Waals surface area contributed by atoms with Crippen molar-refractivity contribution in [3.05, 3.63) is 35.1 Å². The minimum absolute atomic E-state index is 0.0159. The molecule has 4 aliphatic rings. The topological polar surface area (TPSA) is 264 Å². The van der Waals surface area contributed by atoms with E-state index in [2.05, 4.69) is 4.74 Å². The van der Waals surface area contributed by atoms with Crippen molar-refractivity contribution in [2.75, 3.05) is 13.6 Å². The predicted molar refractivity (Wildman–Crippen MR) is 145 cm³/mol. The number of phenolic OH excluding ortho intramolecular Hbond substituents is 1. The molecule has 0 amide bonds. The number of esters is 3. The Kier molecular flexibility index (Phi) is 8.43. The highest BCUT2D eigenvalue weighted by Crippen LogP contribution is 2.65. The van der Waals surface area contributed by atoms with Gasteiger partial charge in [0.2, 0.25) is 12.2 Å². The fraction of sp³-hybridized carbons (Fsp3) is 0.517. The maximum atomic E-state index is 13.2. The van der Waals surface area contributed by atoms with Gasteiger partial charge in [-0.25, -0.2) is 14.4 Å². The number of hydrogen-bond acceptors (Lipinski definition) is 14. The molecule has 1 aromatic carbocycles. The van der Waals surface area contributed by atoms with Crippen molar-refractivity contribution in [1.82, 2.24) is 4.90 Å². The normalized spacial score (nSPS) is 27.5. The van der Waals surface area contributed by atoms with Crippen LogP contribution < -0.4 is 4.74 Å². The Morgan fingerprint density at radius 1 is 1.00 bits per heavy atom. The molecule has 0 saturated carbocycles. The number of likely N-dealkylation sites (tertiary alicyclic amines) is 1. The number of aliphatic hydroxyl groups is 2. The number of hydrogen-bond donors (Lipinski definition) is 6. The number of carbonyl (C=O) groups is 6. The number of carbonyl (C=O) groups excluding carboxylic acids is 3. The molecular formula is C29H31NO16. The zero-order valence-corrected chi connectivity index (χ0v) is 24.3. The van der Waals surface area contributed by atoms with Crippen LogP contribution >= 0.6 is 0 Å². The predicted octanol–water partition coefficient (Wildman–Crippen LogP) is -1.18. The van der Waals surface area contributed by atoms with E-state index >= 15 is 0 Å².